The number of carbonyl (C=O) groups excluding carboxylic acids is 1. The van der Waals surface area contributed by atoms with Crippen LogP contribution in [0.15, 0.2) is 58.6 Å². The highest BCUT2D eigenvalue weighted by Crippen LogP contribution is 2.34. The second-order valence-corrected chi connectivity index (χ2v) is 9.29. The third kappa shape index (κ3) is 4.52. The summed E-state index contributed by atoms with van der Waals surface area (Å²) in [5.74, 6) is 0.319. The number of likely N-dealkylation sites (tertiary alicyclic amines) is 1. The van der Waals surface area contributed by atoms with Gasteiger partial charge in [0.2, 0.25) is 0 Å². The van der Waals surface area contributed by atoms with Crippen molar-refractivity contribution in [3.05, 3.63) is 70.6 Å². The zero-order chi connectivity index (χ0) is 21.2. The van der Waals surface area contributed by atoms with Gasteiger partial charge in [0.15, 0.2) is 0 Å². The summed E-state index contributed by atoms with van der Waals surface area (Å²) < 4.78 is 15.4. The molecule has 0 saturated carbocycles. The number of carbonyl (C=O) groups is 1. The Kier molecular flexibility index (Phi) is 5.78. The Labute approximate surface area is 185 Å². The monoisotopic (exact) mass is 436 g/mol. The molecule has 1 amide bonds. The number of imidazole rings is 1. The molecule has 31 heavy (non-hydrogen) atoms. The van der Waals surface area contributed by atoms with Gasteiger partial charge in [-0.2, -0.15) is 0 Å². The average molecular weight is 437 g/mol. The molecule has 160 valence electrons. The number of piperidine rings is 1. The van der Waals surface area contributed by atoms with Gasteiger partial charge in [-0.05, 0) is 74.2 Å². The van der Waals surface area contributed by atoms with Gasteiger partial charge >= 0.3 is 0 Å². The van der Waals surface area contributed by atoms with Gasteiger partial charge in [-0.15, -0.1) is 0 Å². The van der Waals surface area contributed by atoms with Gasteiger partial charge in [0, 0.05) is 13.1 Å². The molecule has 0 unspecified atom stereocenters. The van der Waals surface area contributed by atoms with E-state index in [2.05, 4.69) is 19.6 Å². The Balaban J connectivity index is 1.09. The number of pyridine rings is 1. The fourth-order valence-corrected chi connectivity index (χ4v) is 5.32. The van der Waals surface area contributed by atoms with Crippen molar-refractivity contribution in [2.75, 3.05) is 26.2 Å². The minimum Gasteiger partial charge on any atom is -0.351 e. The second kappa shape index (κ2) is 8.85. The molecule has 1 aromatic carbocycles. The SMILES string of the molecule is O=C(NCC1CCN(CCc2cccc(F)c2)CC1)C1=Cc2cnc3cccc(n23)S1. The number of nitrogens with one attached hydrogen (secondary N) is 1. The first-order chi connectivity index (χ1) is 15.2. The third-order valence-electron chi connectivity index (χ3n) is 6.10. The van der Waals surface area contributed by atoms with Crippen LogP contribution < -0.4 is 5.32 Å². The number of hydrogen-bond acceptors (Lipinski definition) is 4. The van der Waals surface area contributed by atoms with E-state index in [1.807, 2.05) is 36.5 Å². The third-order valence-corrected chi connectivity index (χ3v) is 7.15. The molecule has 1 saturated heterocycles. The van der Waals surface area contributed by atoms with Crippen molar-refractivity contribution in [1.82, 2.24) is 19.6 Å². The van der Waals surface area contributed by atoms with Crippen LogP contribution >= 0.6 is 11.8 Å². The van der Waals surface area contributed by atoms with E-state index in [0.29, 0.717) is 17.4 Å². The lowest BCUT2D eigenvalue weighted by Crippen LogP contribution is -2.39. The maximum absolute atomic E-state index is 13.3. The molecule has 2 aromatic heterocycles. The molecule has 7 heteroatoms. The zero-order valence-electron chi connectivity index (χ0n) is 17.3. The lowest BCUT2D eigenvalue weighted by Gasteiger charge is -2.32. The summed E-state index contributed by atoms with van der Waals surface area (Å²) in [7, 11) is 0. The molecular weight excluding hydrogens is 411 g/mol. The van der Waals surface area contributed by atoms with Crippen molar-refractivity contribution < 1.29 is 9.18 Å². The van der Waals surface area contributed by atoms with Crippen molar-refractivity contribution in [1.29, 1.82) is 0 Å². The van der Waals surface area contributed by atoms with Gasteiger partial charge in [-0.3, -0.25) is 9.20 Å². The fraction of sp³-hybridized carbons (Fsp3) is 0.333. The summed E-state index contributed by atoms with van der Waals surface area (Å²) in [6.07, 6.45) is 6.74. The van der Waals surface area contributed by atoms with Gasteiger partial charge in [0.25, 0.3) is 5.91 Å². The molecule has 0 radical (unpaired) electrons. The molecule has 2 aliphatic heterocycles. The van der Waals surface area contributed by atoms with Crippen molar-refractivity contribution in [3.63, 3.8) is 0 Å². The topological polar surface area (TPSA) is 49.6 Å². The summed E-state index contributed by atoms with van der Waals surface area (Å²) in [6, 6.07) is 12.8. The molecule has 4 heterocycles. The number of nitrogens with zero attached hydrogens (tertiary/aromatic N) is 3. The molecule has 3 aromatic rings. The van der Waals surface area contributed by atoms with Gasteiger partial charge in [-0.1, -0.05) is 30.0 Å². The molecule has 1 N–H and O–H groups in total. The fourth-order valence-electron chi connectivity index (χ4n) is 4.32. The van der Waals surface area contributed by atoms with Crippen molar-refractivity contribution in [3.8, 4) is 0 Å². The number of halogens is 1. The van der Waals surface area contributed by atoms with Crippen LogP contribution in [0.5, 0.6) is 0 Å². The lowest BCUT2D eigenvalue weighted by atomic mass is 9.96. The Bertz CT molecular complexity index is 1130. The molecular formula is C24H25FN4OS. The highest BCUT2D eigenvalue weighted by Gasteiger charge is 2.23. The van der Waals surface area contributed by atoms with E-state index < -0.39 is 0 Å². The normalized spacial score (nSPS) is 17.0. The highest BCUT2D eigenvalue weighted by atomic mass is 32.2. The number of rotatable bonds is 6. The number of thioether (sulfide) groups is 1. The number of benzene rings is 1. The lowest BCUT2D eigenvalue weighted by molar-refractivity contribution is -0.117. The van der Waals surface area contributed by atoms with E-state index in [1.54, 1.807) is 12.1 Å². The van der Waals surface area contributed by atoms with Crippen molar-refractivity contribution >= 4 is 29.4 Å². The van der Waals surface area contributed by atoms with E-state index in [-0.39, 0.29) is 11.7 Å². The van der Waals surface area contributed by atoms with Crippen LogP contribution in [0.3, 0.4) is 0 Å². The van der Waals surface area contributed by atoms with Crippen LogP contribution in [0.1, 0.15) is 24.1 Å². The maximum atomic E-state index is 13.3. The van der Waals surface area contributed by atoms with E-state index in [0.717, 1.165) is 60.8 Å². The molecule has 0 aliphatic carbocycles. The summed E-state index contributed by atoms with van der Waals surface area (Å²) in [5.41, 5.74) is 2.89. The Morgan fingerprint density at radius 1 is 1.19 bits per heavy atom. The first kappa shape index (κ1) is 20.3. The average Bonchev–Trinajstić information content (AvgIpc) is 3.21. The summed E-state index contributed by atoms with van der Waals surface area (Å²) in [4.78, 5) is 20.3. The molecule has 0 atom stereocenters. The molecule has 5 rings (SSSR count). The first-order valence-corrected chi connectivity index (χ1v) is 11.6. The number of hydrogen-bond donors (Lipinski definition) is 1. The minimum atomic E-state index is -0.167. The summed E-state index contributed by atoms with van der Waals surface area (Å²) in [5, 5.41) is 4.16. The Morgan fingerprint density at radius 3 is 2.87 bits per heavy atom. The van der Waals surface area contributed by atoms with Crippen molar-refractivity contribution in [2.24, 2.45) is 5.92 Å². The van der Waals surface area contributed by atoms with Gasteiger partial charge in [0.1, 0.15) is 11.5 Å². The molecule has 5 nitrogen and oxygen atoms in total. The summed E-state index contributed by atoms with van der Waals surface area (Å²) in [6.45, 7) is 3.70. The van der Waals surface area contributed by atoms with Crippen molar-refractivity contribution in [2.45, 2.75) is 24.3 Å². The second-order valence-electron chi connectivity index (χ2n) is 8.23. The van der Waals surface area contributed by atoms with Crippen LogP contribution in [0.2, 0.25) is 0 Å². The van der Waals surface area contributed by atoms with Gasteiger partial charge in [-0.25, -0.2) is 9.37 Å². The largest absolute Gasteiger partial charge is 0.351 e. The number of aromatic nitrogens is 2. The van der Waals surface area contributed by atoms with E-state index in [9.17, 15) is 9.18 Å². The zero-order valence-corrected chi connectivity index (χ0v) is 18.1. The molecule has 0 bridgehead atoms. The van der Waals surface area contributed by atoms with E-state index >= 15 is 0 Å². The van der Waals surface area contributed by atoms with Gasteiger partial charge in [0.05, 0.1) is 21.8 Å². The van der Waals surface area contributed by atoms with Crippen LogP contribution in [-0.4, -0.2) is 46.4 Å². The number of amides is 1. The molecule has 0 spiro atoms. The molecule has 2 aliphatic rings. The maximum Gasteiger partial charge on any atom is 0.258 e. The van der Waals surface area contributed by atoms with Crippen LogP contribution in [0, 0.1) is 11.7 Å². The Hall–Kier alpha value is -2.64. The minimum absolute atomic E-state index is 0.0111. The smallest absolute Gasteiger partial charge is 0.258 e. The van der Waals surface area contributed by atoms with E-state index in [1.165, 1.54) is 17.8 Å². The first-order valence-electron chi connectivity index (χ1n) is 10.8. The predicted molar refractivity (Wildman–Crippen MR) is 121 cm³/mol. The highest BCUT2D eigenvalue weighted by molar-refractivity contribution is 8.04. The van der Waals surface area contributed by atoms with E-state index in [4.69, 9.17) is 0 Å². The van der Waals surface area contributed by atoms with Crippen LogP contribution in [0.4, 0.5) is 4.39 Å². The van der Waals surface area contributed by atoms with Gasteiger partial charge < -0.3 is 10.2 Å². The quantitative estimate of drug-likeness (QED) is 0.635. The van der Waals surface area contributed by atoms with Crippen LogP contribution in [0.25, 0.3) is 11.7 Å². The standard InChI is InChI=1S/C24H25FN4OS/c25-19-4-1-3-17(13-19)7-10-28-11-8-18(9-12-28)15-27-24(30)21-14-20-16-26-22-5-2-6-23(31-21)29(20)22/h1-6,13-14,16,18H,7-12,15H2,(H,27,30). The summed E-state index contributed by atoms with van der Waals surface area (Å²) >= 11 is 1.49. The van der Waals surface area contributed by atoms with Crippen LogP contribution in [-0.2, 0) is 11.2 Å². The Morgan fingerprint density at radius 2 is 2.03 bits per heavy atom. The predicted octanol–water partition coefficient (Wildman–Crippen LogP) is 3.99. The molecule has 1 fully saturated rings.